The third-order valence-electron chi connectivity index (χ3n) is 1.90. The molecule has 1 aromatic heterocycles. The Morgan fingerprint density at radius 2 is 1.82 bits per heavy atom. The first-order valence-electron chi connectivity index (χ1n) is 5.95. The number of carboxylic acid groups (broad SMARTS) is 1. The molecule has 1 heterocycles. The second-order valence-electron chi connectivity index (χ2n) is 4.99. The number of quaternary nitrogens is 1. The van der Waals surface area contributed by atoms with Crippen LogP contribution in [0.4, 0.5) is 0 Å². The van der Waals surface area contributed by atoms with Gasteiger partial charge >= 0.3 is 41.5 Å². The van der Waals surface area contributed by atoms with Crippen LogP contribution in [-0.4, -0.2) is 90.4 Å². The van der Waals surface area contributed by atoms with Gasteiger partial charge in [-0.1, -0.05) is 12.7 Å². The third kappa shape index (κ3) is 17.1. The van der Waals surface area contributed by atoms with Crippen molar-refractivity contribution >= 4 is 47.6 Å². The zero-order chi connectivity index (χ0) is 15.6. The predicted octanol–water partition coefficient (Wildman–Crippen LogP) is -2.60. The topological polar surface area (TPSA) is 76.5 Å². The van der Waals surface area contributed by atoms with Gasteiger partial charge in [-0.25, -0.2) is 9.59 Å². The number of likely N-dealkylation sites (N-methyl/N-ethyl adjacent to an activating group) is 1. The van der Waals surface area contributed by atoms with Crippen molar-refractivity contribution in [3.05, 3.63) is 36.7 Å². The van der Waals surface area contributed by atoms with E-state index in [1.165, 1.54) is 0 Å². The molecule has 0 aromatic carbocycles. The van der Waals surface area contributed by atoms with E-state index in [4.69, 9.17) is 5.11 Å². The van der Waals surface area contributed by atoms with Gasteiger partial charge in [-0.3, -0.25) is 4.98 Å². The molecular formula is C14H22ClN2NaO4. The van der Waals surface area contributed by atoms with Gasteiger partial charge in [-0.15, -0.1) is 0 Å². The fourth-order valence-corrected chi connectivity index (χ4v) is 1.07. The molecule has 0 atom stereocenters. The zero-order valence-electron chi connectivity index (χ0n) is 12.5. The Morgan fingerprint density at radius 1 is 1.32 bits per heavy atom. The summed E-state index contributed by atoms with van der Waals surface area (Å²) in [6.45, 7) is 3.22. The quantitative estimate of drug-likeness (QED) is 0.361. The standard InChI is InChI=1S/C7H13NO4.C7H7N.ClH.Na.H/c1-8(2,3)4-7(11)12-5-6(9)10;1-2-7-3-5-8-6-4-7;;;/h4-5H2,1-3H3;2-6H,1H2;1H;;. The van der Waals surface area contributed by atoms with Gasteiger partial charge in [0, 0.05) is 12.4 Å². The van der Waals surface area contributed by atoms with Gasteiger partial charge in [0.15, 0.2) is 13.2 Å². The molecule has 0 aliphatic carbocycles. The summed E-state index contributed by atoms with van der Waals surface area (Å²) in [5.74, 6) is -1.63. The van der Waals surface area contributed by atoms with Crippen molar-refractivity contribution in [1.29, 1.82) is 0 Å². The second-order valence-corrected chi connectivity index (χ2v) is 4.99. The van der Waals surface area contributed by atoms with Crippen LogP contribution in [0.2, 0.25) is 0 Å². The summed E-state index contributed by atoms with van der Waals surface area (Å²) in [6.07, 6.45) is 5.29. The molecule has 0 aliphatic heterocycles. The summed E-state index contributed by atoms with van der Waals surface area (Å²) in [6, 6.07) is 3.82. The number of carboxylic acids is 1. The summed E-state index contributed by atoms with van der Waals surface area (Å²) >= 11 is 0. The van der Waals surface area contributed by atoms with Crippen LogP contribution in [0.15, 0.2) is 31.1 Å². The van der Waals surface area contributed by atoms with E-state index in [1.807, 2.05) is 33.3 Å². The van der Waals surface area contributed by atoms with Crippen molar-refractivity contribution in [2.75, 3.05) is 34.3 Å². The molecule has 22 heavy (non-hydrogen) atoms. The number of halogens is 1. The van der Waals surface area contributed by atoms with E-state index in [0.29, 0.717) is 4.48 Å². The third-order valence-corrected chi connectivity index (χ3v) is 1.90. The molecule has 0 saturated carbocycles. The Labute approximate surface area is 159 Å². The molecule has 120 valence electrons. The first kappa shape index (κ1) is 26.0. The number of nitrogens with zero attached hydrogens (tertiary/aromatic N) is 2. The molecule has 1 N–H and O–H groups in total. The molecule has 1 rings (SSSR count). The monoisotopic (exact) mass is 340 g/mol. The average Bonchev–Trinajstić information content (AvgIpc) is 2.36. The van der Waals surface area contributed by atoms with Gasteiger partial charge in [0.1, 0.15) is 0 Å². The van der Waals surface area contributed by atoms with Crippen LogP contribution in [-0.2, 0) is 14.3 Å². The van der Waals surface area contributed by atoms with Crippen molar-refractivity contribution in [3.8, 4) is 0 Å². The van der Waals surface area contributed by atoms with Gasteiger partial charge in [-0.2, -0.15) is 0 Å². The Morgan fingerprint density at radius 3 is 2.14 bits per heavy atom. The predicted molar refractivity (Wildman–Crippen MR) is 83.0 cm³/mol. The molecule has 0 fully saturated rings. The number of carbonyl (C=O) groups excluding carboxylic acids is 1. The van der Waals surface area contributed by atoms with E-state index in [1.54, 1.807) is 18.5 Å². The van der Waals surface area contributed by atoms with Crippen molar-refractivity contribution in [2.45, 2.75) is 0 Å². The fraction of sp³-hybridized carbons (Fsp3) is 0.357. The fourth-order valence-electron chi connectivity index (χ4n) is 1.07. The minimum atomic E-state index is -1.13. The maximum absolute atomic E-state index is 10.9. The molecule has 0 amide bonds. The van der Waals surface area contributed by atoms with E-state index in [-0.39, 0.29) is 48.5 Å². The maximum atomic E-state index is 10.9. The van der Waals surface area contributed by atoms with Gasteiger partial charge in [0.05, 0.1) is 21.1 Å². The van der Waals surface area contributed by atoms with Crippen LogP contribution < -0.4 is 12.4 Å². The van der Waals surface area contributed by atoms with Crippen molar-refractivity contribution < 1.29 is 36.3 Å². The van der Waals surface area contributed by atoms with Crippen molar-refractivity contribution in [1.82, 2.24) is 4.98 Å². The van der Waals surface area contributed by atoms with Gasteiger partial charge in [0.25, 0.3) is 0 Å². The van der Waals surface area contributed by atoms with Gasteiger partial charge in [0.2, 0.25) is 0 Å². The Hall–Kier alpha value is -0.920. The Kier molecular flexibility index (Phi) is 16.2. The van der Waals surface area contributed by atoms with Gasteiger partial charge in [-0.05, 0) is 17.7 Å². The number of aromatic nitrogens is 1. The molecule has 0 bridgehead atoms. The molecule has 0 unspecified atom stereocenters. The first-order valence-corrected chi connectivity index (χ1v) is 5.95. The molecule has 0 radical (unpaired) electrons. The van der Waals surface area contributed by atoms with Crippen LogP contribution in [0.1, 0.15) is 5.56 Å². The van der Waals surface area contributed by atoms with Gasteiger partial charge < -0.3 is 26.7 Å². The summed E-state index contributed by atoms with van der Waals surface area (Å²) < 4.78 is 4.85. The molecule has 1 aromatic rings. The van der Waals surface area contributed by atoms with Crippen LogP contribution in [0, 0.1) is 0 Å². The molecule has 0 aliphatic rings. The van der Waals surface area contributed by atoms with Crippen molar-refractivity contribution in [2.24, 2.45) is 0 Å². The molecule has 0 saturated heterocycles. The molecule has 8 heteroatoms. The summed E-state index contributed by atoms with van der Waals surface area (Å²) in [5, 5.41) is 8.18. The number of hydrogen-bond donors (Lipinski definition) is 1. The number of rotatable bonds is 5. The second kappa shape index (κ2) is 13.7. The van der Waals surface area contributed by atoms with Crippen LogP contribution in [0.25, 0.3) is 6.08 Å². The van der Waals surface area contributed by atoms with E-state index < -0.39 is 18.5 Å². The number of hydrogen-bond acceptors (Lipinski definition) is 4. The van der Waals surface area contributed by atoms with E-state index in [0.717, 1.165) is 5.56 Å². The number of aliphatic carboxylic acids is 1. The Bertz CT molecular complexity index is 450. The normalized spacial score (nSPS) is 9.05. The SMILES string of the molecule is C=Cc1ccncc1.C[N+](C)(C)CC(=O)OCC(=O)O.[Cl-].[NaH]. The zero-order valence-corrected chi connectivity index (χ0v) is 13.2. The van der Waals surface area contributed by atoms with E-state index in [9.17, 15) is 9.59 Å². The van der Waals surface area contributed by atoms with E-state index in [2.05, 4.69) is 16.3 Å². The summed E-state index contributed by atoms with van der Waals surface area (Å²) in [5.41, 5.74) is 1.11. The molecular weight excluding hydrogens is 319 g/mol. The van der Waals surface area contributed by atoms with E-state index >= 15 is 0 Å². The summed E-state index contributed by atoms with van der Waals surface area (Å²) in [7, 11) is 5.46. The van der Waals surface area contributed by atoms with Crippen LogP contribution in [0.3, 0.4) is 0 Å². The first-order chi connectivity index (χ1) is 9.24. The Balaban J connectivity index is -0.000000318. The van der Waals surface area contributed by atoms with Crippen molar-refractivity contribution in [3.63, 3.8) is 0 Å². The number of carbonyl (C=O) groups is 2. The average molecular weight is 341 g/mol. The van der Waals surface area contributed by atoms with Crippen LogP contribution >= 0.6 is 0 Å². The number of esters is 1. The minimum absolute atomic E-state index is 0. The number of ether oxygens (including phenoxy) is 1. The molecule has 6 nitrogen and oxygen atoms in total. The van der Waals surface area contributed by atoms with Crippen LogP contribution in [0.5, 0.6) is 0 Å². The molecule has 0 spiro atoms. The summed E-state index contributed by atoms with van der Waals surface area (Å²) in [4.78, 5) is 24.7. The number of pyridine rings is 1.